The quantitative estimate of drug-likeness (QED) is 0.722. The van der Waals surface area contributed by atoms with Gasteiger partial charge in [0.05, 0.1) is 13.2 Å². The summed E-state index contributed by atoms with van der Waals surface area (Å²) in [6.45, 7) is 7.60. The van der Waals surface area contributed by atoms with Gasteiger partial charge in [-0.15, -0.1) is 0 Å². The van der Waals surface area contributed by atoms with Crippen LogP contribution in [0.2, 0.25) is 0 Å². The number of piperidine rings is 1. The minimum atomic E-state index is 0.125. The molecule has 0 unspecified atom stereocenters. The van der Waals surface area contributed by atoms with Crippen LogP contribution in [0.5, 0.6) is 5.75 Å². The van der Waals surface area contributed by atoms with E-state index in [0.717, 1.165) is 55.8 Å². The van der Waals surface area contributed by atoms with Crippen molar-refractivity contribution in [1.29, 1.82) is 0 Å². The van der Waals surface area contributed by atoms with E-state index in [9.17, 15) is 4.79 Å². The second-order valence-electron chi connectivity index (χ2n) is 5.66. The molecule has 0 saturated carbocycles. The zero-order valence-corrected chi connectivity index (χ0v) is 13.8. The molecule has 1 amide bonds. The number of hydrogen-bond acceptors (Lipinski definition) is 3. The first kappa shape index (κ1) is 16.8. The summed E-state index contributed by atoms with van der Waals surface area (Å²) >= 11 is 0. The fourth-order valence-electron chi connectivity index (χ4n) is 2.73. The summed E-state index contributed by atoms with van der Waals surface area (Å²) < 4.78 is 11.3. The van der Waals surface area contributed by atoms with Gasteiger partial charge in [0, 0.05) is 30.8 Å². The molecule has 1 saturated heterocycles. The molecule has 0 aromatic heterocycles. The second kappa shape index (κ2) is 8.79. The van der Waals surface area contributed by atoms with Gasteiger partial charge in [0.15, 0.2) is 0 Å². The predicted octanol–water partition coefficient (Wildman–Crippen LogP) is 3.64. The SMILES string of the molecule is CCCOCc1cc(C(=O)N2CCCCC2)ccc1OCC. The Balaban J connectivity index is 2.13. The molecule has 0 bridgehead atoms. The number of rotatable bonds is 7. The lowest BCUT2D eigenvalue weighted by atomic mass is 10.1. The lowest BCUT2D eigenvalue weighted by Gasteiger charge is -2.27. The van der Waals surface area contributed by atoms with Gasteiger partial charge >= 0.3 is 0 Å². The van der Waals surface area contributed by atoms with E-state index >= 15 is 0 Å². The van der Waals surface area contributed by atoms with Gasteiger partial charge in [-0.2, -0.15) is 0 Å². The van der Waals surface area contributed by atoms with Crippen LogP contribution in [0.15, 0.2) is 18.2 Å². The van der Waals surface area contributed by atoms with Crippen molar-refractivity contribution in [3.8, 4) is 5.75 Å². The van der Waals surface area contributed by atoms with Gasteiger partial charge in [0.1, 0.15) is 5.75 Å². The molecular weight excluding hydrogens is 278 g/mol. The Morgan fingerprint density at radius 1 is 1.18 bits per heavy atom. The largest absolute Gasteiger partial charge is 0.494 e. The maximum absolute atomic E-state index is 12.6. The Morgan fingerprint density at radius 3 is 2.64 bits per heavy atom. The first-order chi connectivity index (χ1) is 10.8. The van der Waals surface area contributed by atoms with Crippen LogP contribution in [0.4, 0.5) is 0 Å². The normalized spacial score (nSPS) is 14.9. The van der Waals surface area contributed by atoms with Crippen LogP contribution >= 0.6 is 0 Å². The molecule has 0 N–H and O–H groups in total. The van der Waals surface area contributed by atoms with E-state index in [0.29, 0.717) is 13.2 Å². The van der Waals surface area contributed by atoms with Crippen molar-refractivity contribution in [3.63, 3.8) is 0 Å². The standard InChI is InChI=1S/C18H27NO3/c1-3-12-21-14-16-13-15(8-9-17(16)22-4-2)18(20)19-10-6-5-7-11-19/h8-9,13H,3-7,10-12,14H2,1-2H3. The van der Waals surface area contributed by atoms with Gasteiger partial charge < -0.3 is 14.4 Å². The molecule has 0 aliphatic carbocycles. The number of benzene rings is 1. The summed E-state index contributed by atoms with van der Waals surface area (Å²) in [7, 11) is 0. The number of likely N-dealkylation sites (tertiary alicyclic amines) is 1. The summed E-state index contributed by atoms with van der Waals surface area (Å²) in [5, 5.41) is 0. The molecule has 4 nitrogen and oxygen atoms in total. The van der Waals surface area contributed by atoms with Crippen LogP contribution in [-0.2, 0) is 11.3 Å². The highest BCUT2D eigenvalue weighted by Crippen LogP contribution is 2.23. The zero-order valence-electron chi connectivity index (χ0n) is 13.8. The summed E-state index contributed by atoms with van der Waals surface area (Å²) in [5.74, 6) is 0.938. The molecule has 122 valence electrons. The van der Waals surface area contributed by atoms with Crippen molar-refractivity contribution in [2.75, 3.05) is 26.3 Å². The lowest BCUT2D eigenvalue weighted by Crippen LogP contribution is -2.35. The van der Waals surface area contributed by atoms with Crippen molar-refractivity contribution < 1.29 is 14.3 Å². The van der Waals surface area contributed by atoms with Crippen LogP contribution in [0.25, 0.3) is 0 Å². The molecule has 1 aromatic carbocycles. The van der Waals surface area contributed by atoms with E-state index in [4.69, 9.17) is 9.47 Å². The average Bonchev–Trinajstić information content (AvgIpc) is 2.57. The Kier molecular flexibility index (Phi) is 6.72. The molecule has 4 heteroatoms. The molecule has 2 rings (SSSR count). The van der Waals surface area contributed by atoms with Crippen molar-refractivity contribution in [2.45, 2.75) is 46.1 Å². The third kappa shape index (κ3) is 4.47. The summed E-state index contributed by atoms with van der Waals surface area (Å²) in [5.41, 5.74) is 1.69. The maximum atomic E-state index is 12.6. The van der Waals surface area contributed by atoms with Gasteiger partial charge in [0.25, 0.3) is 5.91 Å². The number of amides is 1. The molecule has 1 fully saturated rings. The van der Waals surface area contributed by atoms with Crippen LogP contribution in [0.1, 0.15) is 55.5 Å². The molecule has 0 radical (unpaired) electrons. The van der Waals surface area contributed by atoms with E-state index in [1.807, 2.05) is 30.0 Å². The van der Waals surface area contributed by atoms with E-state index in [1.54, 1.807) is 0 Å². The second-order valence-corrected chi connectivity index (χ2v) is 5.66. The molecule has 1 aliphatic heterocycles. The molecule has 1 aliphatic rings. The highest BCUT2D eigenvalue weighted by Gasteiger charge is 2.19. The average molecular weight is 305 g/mol. The Bertz CT molecular complexity index is 481. The first-order valence-corrected chi connectivity index (χ1v) is 8.39. The van der Waals surface area contributed by atoms with Gasteiger partial charge in [-0.25, -0.2) is 0 Å². The minimum absolute atomic E-state index is 0.125. The van der Waals surface area contributed by atoms with Crippen LogP contribution in [0, 0.1) is 0 Å². The number of hydrogen-bond donors (Lipinski definition) is 0. The Hall–Kier alpha value is -1.55. The number of carbonyl (C=O) groups excluding carboxylic acids is 1. The highest BCUT2D eigenvalue weighted by atomic mass is 16.5. The molecule has 0 atom stereocenters. The van der Waals surface area contributed by atoms with E-state index in [2.05, 4.69) is 6.92 Å². The smallest absolute Gasteiger partial charge is 0.253 e. The highest BCUT2D eigenvalue weighted by molar-refractivity contribution is 5.94. The zero-order chi connectivity index (χ0) is 15.8. The monoisotopic (exact) mass is 305 g/mol. The minimum Gasteiger partial charge on any atom is -0.494 e. The van der Waals surface area contributed by atoms with Crippen LogP contribution in [-0.4, -0.2) is 37.1 Å². The number of ether oxygens (including phenoxy) is 2. The molecule has 0 spiro atoms. The third-order valence-electron chi connectivity index (χ3n) is 3.86. The van der Waals surface area contributed by atoms with Gasteiger partial charge in [-0.05, 0) is 50.8 Å². The number of nitrogens with zero attached hydrogens (tertiary/aromatic N) is 1. The van der Waals surface area contributed by atoms with Gasteiger partial charge in [-0.3, -0.25) is 4.79 Å². The number of carbonyl (C=O) groups is 1. The predicted molar refractivity (Wildman–Crippen MR) is 87.3 cm³/mol. The molecule has 1 aromatic rings. The summed E-state index contributed by atoms with van der Waals surface area (Å²) in [6.07, 6.45) is 4.42. The molecular formula is C18H27NO3. The van der Waals surface area contributed by atoms with Crippen molar-refractivity contribution in [1.82, 2.24) is 4.90 Å². The van der Waals surface area contributed by atoms with Crippen molar-refractivity contribution >= 4 is 5.91 Å². The lowest BCUT2D eigenvalue weighted by molar-refractivity contribution is 0.0723. The van der Waals surface area contributed by atoms with E-state index in [1.165, 1.54) is 6.42 Å². The van der Waals surface area contributed by atoms with Crippen LogP contribution in [0.3, 0.4) is 0 Å². The van der Waals surface area contributed by atoms with E-state index < -0.39 is 0 Å². The third-order valence-corrected chi connectivity index (χ3v) is 3.86. The van der Waals surface area contributed by atoms with E-state index in [-0.39, 0.29) is 5.91 Å². The van der Waals surface area contributed by atoms with Crippen molar-refractivity contribution in [3.05, 3.63) is 29.3 Å². The maximum Gasteiger partial charge on any atom is 0.253 e. The summed E-state index contributed by atoms with van der Waals surface area (Å²) in [6, 6.07) is 5.69. The Morgan fingerprint density at radius 2 is 1.95 bits per heavy atom. The van der Waals surface area contributed by atoms with Crippen molar-refractivity contribution in [2.24, 2.45) is 0 Å². The summed E-state index contributed by atoms with van der Waals surface area (Å²) in [4.78, 5) is 14.5. The topological polar surface area (TPSA) is 38.8 Å². The van der Waals surface area contributed by atoms with Gasteiger partial charge in [-0.1, -0.05) is 6.92 Å². The molecule has 22 heavy (non-hydrogen) atoms. The fraction of sp³-hybridized carbons (Fsp3) is 0.611. The fourth-order valence-corrected chi connectivity index (χ4v) is 2.73. The molecule has 1 heterocycles. The Labute approximate surface area is 133 Å². The van der Waals surface area contributed by atoms with Crippen LogP contribution < -0.4 is 4.74 Å². The first-order valence-electron chi connectivity index (χ1n) is 8.39. The van der Waals surface area contributed by atoms with Gasteiger partial charge in [0.2, 0.25) is 0 Å².